The first-order valence-electron chi connectivity index (χ1n) is 8.38. The van der Waals surface area contributed by atoms with Gasteiger partial charge >= 0.3 is 6.18 Å². The molecular formula is C18H22F3IN4O2S. The monoisotopic (exact) mass is 542 g/mol. The summed E-state index contributed by atoms with van der Waals surface area (Å²) >= 11 is 0. The number of benzene rings is 2. The van der Waals surface area contributed by atoms with Crippen molar-refractivity contribution in [3.05, 3.63) is 65.7 Å². The van der Waals surface area contributed by atoms with E-state index in [1.54, 1.807) is 18.2 Å². The molecular weight excluding hydrogens is 520 g/mol. The average molecular weight is 542 g/mol. The number of alkyl halides is 3. The van der Waals surface area contributed by atoms with E-state index in [9.17, 15) is 21.6 Å². The summed E-state index contributed by atoms with van der Waals surface area (Å²) in [7, 11) is -2.04. The minimum atomic E-state index is -4.36. The predicted molar refractivity (Wildman–Crippen MR) is 117 cm³/mol. The Hall–Kier alpha value is -1.86. The van der Waals surface area contributed by atoms with E-state index in [-0.39, 0.29) is 48.5 Å². The van der Waals surface area contributed by atoms with Gasteiger partial charge in [0, 0.05) is 26.7 Å². The van der Waals surface area contributed by atoms with Crippen molar-refractivity contribution in [2.75, 3.05) is 20.1 Å². The fraction of sp³-hybridized carbons (Fsp3) is 0.278. The number of rotatable bonds is 7. The van der Waals surface area contributed by atoms with Gasteiger partial charge in [-0.3, -0.25) is 4.99 Å². The molecule has 0 aliphatic rings. The van der Waals surface area contributed by atoms with Crippen LogP contribution in [0.5, 0.6) is 0 Å². The van der Waals surface area contributed by atoms with Crippen molar-refractivity contribution < 1.29 is 21.6 Å². The largest absolute Gasteiger partial charge is 0.416 e. The van der Waals surface area contributed by atoms with E-state index in [1.807, 2.05) is 0 Å². The second-order valence-corrected chi connectivity index (χ2v) is 7.53. The number of nitrogens with one attached hydrogen (secondary N) is 3. The number of guanidine groups is 1. The molecule has 0 saturated heterocycles. The van der Waals surface area contributed by atoms with Crippen LogP contribution in [0.2, 0.25) is 0 Å². The van der Waals surface area contributed by atoms with Crippen LogP contribution in [-0.2, 0) is 22.7 Å². The zero-order chi connectivity index (χ0) is 20.6. The highest BCUT2D eigenvalue weighted by Crippen LogP contribution is 2.29. The topological polar surface area (TPSA) is 82.6 Å². The van der Waals surface area contributed by atoms with Gasteiger partial charge in [-0.2, -0.15) is 13.2 Å². The third-order valence-corrected chi connectivity index (χ3v) is 5.20. The van der Waals surface area contributed by atoms with E-state index in [4.69, 9.17) is 0 Å². The lowest BCUT2D eigenvalue weighted by Gasteiger charge is -2.13. The van der Waals surface area contributed by atoms with Crippen molar-refractivity contribution in [1.82, 2.24) is 15.4 Å². The van der Waals surface area contributed by atoms with Gasteiger partial charge in [-0.05, 0) is 29.8 Å². The first kappa shape index (κ1) is 25.2. The molecule has 0 heterocycles. The molecule has 0 aliphatic heterocycles. The molecule has 0 aromatic heterocycles. The lowest BCUT2D eigenvalue weighted by molar-refractivity contribution is -0.137. The summed E-state index contributed by atoms with van der Waals surface area (Å²) in [4.78, 5) is 4.17. The van der Waals surface area contributed by atoms with Crippen LogP contribution >= 0.6 is 24.0 Å². The highest BCUT2D eigenvalue weighted by molar-refractivity contribution is 14.0. The zero-order valence-electron chi connectivity index (χ0n) is 15.5. The van der Waals surface area contributed by atoms with Gasteiger partial charge in [0.15, 0.2) is 5.96 Å². The van der Waals surface area contributed by atoms with Crippen molar-refractivity contribution in [3.8, 4) is 0 Å². The summed E-state index contributed by atoms with van der Waals surface area (Å²) in [6.07, 6.45) is -4.36. The maximum Gasteiger partial charge on any atom is 0.416 e. The highest BCUT2D eigenvalue weighted by atomic mass is 127. The Morgan fingerprint density at radius 1 is 0.966 bits per heavy atom. The normalized spacial score (nSPS) is 12.2. The predicted octanol–water partition coefficient (Wildman–Crippen LogP) is 2.97. The summed E-state index contributed by atoms with van der Waals surface area (Å²) in [5.41, 5.74) is -0.0508. The summed E-state index contributed by atoms with van der Waals surface area (Å²) in [6, 6.07) is 12.8. The standard InChI is InChI=1S/C18H21F3N4O2S.HI/c1-22-17(24-13-14-7-9-15(10-8-14)18(19,20)21)23-11-12-25-28(26,27)16-5-3-2-4-6-16;/h2-10,25H,11-13H2,1H3,(H2,22,23,24);1H. The first-order valence-corrected chi connectivity index (χ1v) is 9.86. The number of aliphatic imine (C=N–C) groups is 1. The summed E-state index contributed by atoms with van der Waals surface area (Å²) < 4.78 is 64.3. The van der Waals surface area contributed by atoms with Gasteiger partial charge < -0.3 is 10.6 Å². The molecule has 0 saturated carbocycles. The molecule has 0 radical (unpaired) electrons. The van der Waals surface area contributed by atoms with E-state index < -0.39 is 21.8 Å². The van der Waals surface area contributed by atoms with Crippen molar-refractivity contribution in [2.45, 2.75) is 17.6 Å². The van der Waals surface area contributed by atoms with Gasteiger partial charge in [0.25, 0.3) is 0 Å². The van der Waals surface area contributed by atoms with Gasteiger partial charge in [-0.15, -0.1) is 24.0 Å². The molecule has 2 rings (SSSR count). The van der Waals surface area contributed by atoms with E-state index in [2.05, 4.69) is 20.3 Å². The molecule has 0 atom stereocenters. The molecule has 0 amide bonds. The third-order valence-electron chi connectivity index (χ3n) is 3.73. The Morgan fingerprint density at radius 3 is 2.14 bits per heavy atom. The molecule has 0 spiro atoms. The Balaban J connectivity index is 0.00000420. The van der Waals surface area contributed by atoms with Crippen molar-refractivity contribution in [3.63, 3.8) is 0 Å². The van der Waals surface area contributed by atoms with Gasteiger partial charge in [0.1, 0.15) is 0 Å². The average Bonchev–Trinajstić information content (AvgIpc) is 2.68. The Bertz CT molecular complexity index is 890. The summed E-state index contributed by atoms with van der Waals surface area (Å²) in [5, 5.41) is 5.88. The second-order valence-electron chi connectivity index (χ2n) is 5.76. The lowest BCUT2D eigenvalue weighted by atomic mass is 10.1. The molecule has 6 nitrogen and oxygen atoms in total. The van der Waals surface area contributed by atoms with Crippen molar-refractivity contribution in [2.24, 2.45) is 4.99 Å². The highest BCUT2D eigenvalue weighted by Gasteiger charge is 2.29. The second kappa shape index (κ2) is 11.4. The van der Waals surface area contributed by atoms with Crippen LogP contribution in [0.4, 0.5) is 13.2 Å². The molecule has 0 bridgehead atoms. The number of halogens is 4. The van der Waals surface area contributed by atoms with Crippen LogP contribution in [0.3, 0.4) is 0 Å². The minimum absolute atomic E-state index is 0. The van der Waals surface area contributed by atoms with Crippen molar-refractivity contribution >= 4 is 40.0 Å². The van der Waals surface area contributed by atoms with Crippen LogP contribution in [0.15, 0.2) is 64.5 Å². The fourth-order valence-corrected chi connectivity index (χ4v) is 3.32. The van der Waals surface area contributed by atoms with Gasteiger partial charge in [-0.1, -0.05) is 30.3 Å². The van der Waals surface area contributed by atoms with Crippen LogP contribution in [0, 0.1) is 0 Å². The number of hydrogen-bond acceptors (Lipinski definition) is 3. The summed E-state index contributed by atoms with van der Waals surface area (Å²) in [5.74, 6) is 0.402. The smallest absolute Gasteiger partial charge is 0.355 e. The van der Waals surface area contributed by atoms with E-state index >= 15 is 0 Å². The van der Waals surface area contributed by atoms with E-state index in [1.165, 1.54) is 31.3 Å². The van der Waals surface area contributed by atoms with Crippen LogP contribution in [-0.4, -0.2) is 34.5 Å². The molecule has 0 aliphatic carbocycles. The van der Waals surface area contributed by atoms with Gasteiger partial charge in [-0.25, -0.2) is 13.1 Å². The van der Waals surface area contributed by atoms with E-state index in [0.717, 1.165) is 12.1 Å². The van der Waals surface area contributed by atoms with Crippen LogP contribution in [0.1, 0.15) is 11.1 Å². The Labute approximate surface area is 185 Å². The molecule has 0 unspecified atom stereocenters. The molecule has 2 aromatic rings. The Morgan fingerprint density at radius 2 is 1.59 bits per heavy atom. The van der Waals surface area contributed by atoms with Gasteiger partial charge in [0.2, 0.25) is 10.0 Å². The number of nitrogens with zero attached hydrogens (tertiary/aromatic N) is 1. The van der Waals surface area contributed by atoms with Crippen molar-refractivity contribution in [1.29, 1.82) is 0 Å². The third kappa shape index (κ3) is 8.19. The number of hydrogen-bond donors (Lipinski definition) is 3. The first-order chi connectivity index (χ1) is 13.2. The molecule has 11 heteroatoms. The fourth-order valence-electron chi connectivity index (χ4n) is 2.27. The molecule has 160 valence electrons. The molecule has 0 fully saturated rings. The molecule has 3 N–H and O–H groups in total. The van der Waals surface area contributed by atoms with Gasteiger partial charge in [0.05, 0.1) is 10.5 Å². The molecule has 29 heavy (non-hydrogen) atoms. The number of sulfonamides is 1. The van der Waals surface area contributed by atoms with Crippen LogP contribution < -0.4 is 15.4 Å². The summed E-state index contributed by atoms with van der Waals surface area (Å²) in [6.45, 7) is 0.685. The maximum atomic E-state index is 12.6. The minimum Gasteiger partial charge on any atom is -0.355 e. The van der Waals surface area contributed by atoms with Crippen LogP contribution in [0.25, 0.3) is 0 Å². The van der Waals surface area contributed by atoms with E-state index in [0.29, 0.717) is 11.5 Å². The zero-order valence-corrected chi connectivity index (χ0v) is 18.7. The SMILES string of the molecule is CN=C(NCCNS(=O)(=O)c1ccccc1)NCc1ccc(C(F)(F)F)cc1.I. The quantitative estimate of drug-likeness (QED) is 0.218. The lowest BCUT2D eigenvalue weighted by Crippen LogP contribution is -2.41. The Kier molecular flexibility index (Phi) is 9.86. The molecule has 2 aromatic carbocycles. The maximum absolute atomic E-state index is 12.6.